The van der Waals surface area contributed by atoms with Crippen LogP contribution < -0.4 is 15.5 Å². The van der Waals surface area contributed by atoms with Crippen LogP contribution in [0, 0.1) is 6.92 Å². The van der Waals surface area contributed by atoms with Crippen molar-refractivity contribution in [1.29, 1.82) is 0 Å². The van der Waals surface area contributed by atoms with E-state index in [1.165, 1.54) is 42.0 Å². The van der Waals surface area contributed by atoms with Crippen molar-refractivity contribution in [2.45, 2.75) is 43.9 Å². The number of carboxylic acids is 1. The highest BCUT2D eigenvalue weighted by atomic mass is 32.2. The quantitative estimate of drug-likeness (QED) is 0.357. The Bertz CT molecular complexity index is 1360. The van der Waals surface area contributed by atoms with Crippen LogP contribution in [0.25, 0.3) is 0 Å². The first-order valence-electron chi connectivity index (χ1n) is 12.1. The van der Waals surface area contributed by atoms with E-state index in [0.29, 0.717) is 10.7 Å². The van der Waals surface area contributed by atoms with Gasteiger partial charge in [-0.15, -0.1) is 11.3 Å². The van der Waals surface area contributed by atoms with Gasteiger partial charge < -0.3 is 15.3 Å². The molecular weight excluding hydrogens is 512 g/mol. The number of amides is 2. The lowest BCUT2D eigenvalue weighted by molar-refractivity contribution is -0.136. The molecule has 0 spiro atoms. The average Bonchev–Trinajstić information content (AvgIpc) is 3.31. The Balaban J connectivity index is 1.34. The summed E-state index contributed by atoms with van der Waals surface area (Å²) in [6.45, 7) is 3.96. The number of hydrogen-bond acceptors (Lipinski definition) is 7. The fourth-order valence-electron chi connectivity index (χ4n) is 4.22. The number of nitrogens with zero attached hydrogens (tertiary/aromatic N) is 2. The van der Waals surface area contributed by atoms with Crippen molar-refractivity contribution in [3.63, 3.8) is 0 Å². The number of sulfone groups is 1. The summed E-state index contributed by atoms with van der Waals surface area (Å²) in [7, 11) is -3.55. The Hall–Kier alpha value is -3.44. The molecule has 1 fully saturated rings. The van der Waals surface area contributed by atoms with Gasteiger partial charge in [-0.1, -0.05) is 18.2 Å². The summed E-state index contributed by atoms with van der Waals surface area (Å²) < 4.78 is 25.4. The number of rotatable bonds is 9. The second-order valence-corrected chi connectivity index (χ2v) is 12.3. The van der Waals surface area contributed by atoms with Crippen molar-refractivity contribution in [2.24, 2.45) is 0 Å². The smallest absolute Gasteiger partial charge is 0.325 e. The molecule has 1 aliphatic rings. The molecule has 2 aromatic carbocycles. The molecule has 0 atom stereocenters. The van der Waals surface area contributed by atoms with E-state index in [4.69, 9.17) is 5.11 Å². The second kappa shape index (κ2) is 11.7. The number of carboxylic acid groups (broad SMARTS) is 1. The van der Waals surface area contributed by atoms with Gasteiger partial charge in [-0.2, -0.15) is 0 Å². The maximum Gasteiger partial charge on any atom is 0.325 e. The predicted molar refractivity (Wildman–Crippen MR) is 146 cm³/mol. The summed E-state index contributed by atoms with van der Waals surface area (Å²) >= 11 is 1.23. The van der Waals surface area contributed by atoms with E-state index in [9.17, 15) is 18.0 Å². The van der Waals surface area contributed by atoms with Gasteiger partial charge in [0.15, 0.2) is 15.0 Å². The molecule has 1 aliphatic heterocycles. The van der Waals surface area contributed by atoms with E-state index in [1.807, 2.05) is 19.1 Å². The molecule has 1 aromatic heterocycles. The molecule has 9 nitrogen and oxygen atoms in total. The molecule has 0 bridgehead atoms. The molecule has 37 heavy (non-hydrogen) atoms. The van der Waals surface area contributed by atoms with Crippen molar-refractivity contribution in [3.05, 3.63) is 64.7 Å². The Labute approximate surface area is 220 Å². The summed E-state index contributed by atoms with van der Waals surface area (Å²) in [6, 6.07) is 11.4. The molecule has 4 rings (SSSR count). The predicted octanol–water partition coefficient (Wildman–Crippen LogP) is 4.73. The minimum absolute atomic E-state index is 0.123. The molecule has 0 saturated carbocycles. The van der Waals surface area contributed by atoms with E-state index >= 15 is 0 Å². The summed E-state index contributed by atoms with van der Waals surface area (Å²) in [6.07, 6.45) is 5.14. The van der Waals surface area contributed by atoms with Crippen LogP contribution in [0.5, 0.6) is 0 Å². The van der Waals surface area contributed by atoms with Crippen molar-refractivity contribution >= 4 is 49.7 Å². The van der Waals surface area contributed by atoms with Crippen LogP contribution in [0.4, 0.5) is 21.3 Å². The molecule has 0 radical (unpaired) electrons. The number of hydrogen-bond donors (Lipinski definition) is 3. The van der Waals surface area contributed by atoms with Crippen LogP contribution in [0.1, 0.15) is 35.3 Å². The fraction of sp³-hybridized carbons (Fsp3) is 0.346. The third kappa shape index (κ3) is 7.30. The normalized spacial score (nSPS) is 13.8. The number of carbonyl (C=O) groups excluding carboxylic acids is 1. The number of anilines is 3. The number of piperidine rings is 1. The fourth-order valence-corrected chi connectivity index (χ4v) is 6.43. The van der Waals surface area contributed by atoms with Gasteiger partial charge in [-0.25, -0.2) is 18.2 Å². The van der Waals surface area contributed by atoms with Gasteiger partial charge in [0.2, 0.25) is 0 Å². The molecular formula is C26H30N4O5S2. The third-order valence-corrected chi connectivity index (χ3v) is 8.83. The minimum Gasteiger partial charge on any atom is -0.481 e. The van der Waals surface area contributed by atoms with Crippen LogP contribution in [-0.4, -0.2) is 49.4 Å². The highest BCUT2D eigenvalue weighted by molar-refractivity contribution is 7.91. The lowest BCUT2D eigenvalue weighted by atomic mass is 10.1. The van der Waals surface area contributed by atoms with E-state index in [-0.39, 0.29) is 23.5 Å². The molecule has 2 amide bonds. The van der Waals surface area contributed by atoms with Crippen LogP contribution in [0.15, 0.2) is 53.6 Å². The van der Waals surface area contributed by atoms with Gasteiger partial charge in [0.25, 0.3) is 0 Å². The first-order chi connectivity index (χ1) is 17.7. The first kappa shape index (κ1) is 26.6. The number of aromatic nitrogens is 1. The number of aliphatic carboxylic acids is 1. The van der Waals surface area contributed by atoms with Gasteiger partial charge in [-0.3, -0.25) is 10.1 Å². The van der Waals surface area contributed by atoms with Gasteiger partial charge in [-0.05, 0) is 68.0 Å². The summed E-state index contributed by atoms with van der Waals surface area (Å²) in [5.41, 5.74) is 3.41. The maximum atomic E-state index is 12.7. The Morgan fingerprint density at radius 3 is 2.49 bits per heavy atom. The third-order valence-electron chi connectivity index (χ3n) is 6.13. The van der Waals surface area contributed by atoms with Gasteiger partial charge in [0, 0.05) is 24.2 Å². The van der Waals surface area contributed by atoms with Crippen molar-refractivity contribution in [1.82, 2.24) is 4.98 Å². The maximum absolute atomic E-state index is 12.7. The number of nitrogens with one attached hydrogen (secondary N) is 2. The molecule has 0 aliphatic carbocycles. The average molecular weight is 543 g/mol. The molecule has 3 N–H and O–H groups in total. The minimum atomic E-state index is -3.55. The number of benzene rings is 2. The summed E-state index contributed by atoms with van der Waals surface area (Å²) in [4.78, 5) is 30.9. The lowest BCUT2D eigenvalue weighted by Gasteiger charge is -2.30. The zero-order chi connectivity index (χ0) is 26.4. The lowest BCUT2D eigenvalue weighted by Crippen LogP contribution is -2.31. The summed E-state index contributed by atoms with van der Waals surface area (Å²) in [5.74, 6) is -1.10. The van der Waals surface area contributed by atoms with Gasteiger partial charge >= 0.3 is 12.0 Å². The Morgan fingerprint density at radius 2 is 1.78 bits per heavy atom. The standard InChI is InChI=1S/C26H30N4O5S2/c1-18-5-10-22(23(15-18)30-12-3-2-4-13-30)28-25(33)29-26-27-17-20(36-26)11-14-37(34,35)21-8-6-19(7-9-21)16-24(31)32/h5-10,15,17H,2-4,11-14,16H2,1H3,(H,31,32)(H2,27,28,29,33). The topological polar surface area (TPSA) is 129 Å². The van der Waals surface area contributed by atoms with Crippen LogP contribution >= 0.6 is 11.3 Å². The molecule has 11 heteroatoms. The summed E-state index contributed by atoms with van der Waals surface area (Å²) in [5, 5.41) is 14.9. The van der Waals surface area contributed by atoms with Crippen LogP contribution in [0.2, 0.25) is 0 Å². The first-order valence-corrected chi connectivity index (χ1v) is 14.6. The highest BCUT2D eigenvalue weighted by Crippen LogP contribution is 2.30. The Morgan fingerprint density at radius 1 is 1.05 bits per heavy atom. The molecule has 3 aromatic rings. The van der Waals surface area contributed by atoms with Gasteiger partial charge in [0.05, 0.1) is 28.4 Å². The monoisotopic (exact) mass is 542 g/mol. The van der Waals surface area contributed by atoms with E-state index in [0.717, 1.165) is 47.7 Å². The van der Waals surface area contributed by atoms with E-state index < -0.39 is 21.8 Å². The SMILES string of the molecule is Cc1ccc(NC(=O)Nc2ncc(CCS(=O)(=O)c3ccc(CC(=O)O)cc3)s2)c(N2CCCCC2)c1. The molecule has 196 valence electrons. The molecule has 1 saturated heterocycles. The van der Waals surface area contributed by atoms with Crippen molar-refractivity contribution < 1.29 is 23.1 Å². The van der Waals surface area contributed by atoms with Gasteiger partial charge in [0.1, 0.15) is 0 Å². The van der Waals surface area contributed by atoms with Crippen molar-refractivity contribution in [3.8, 4) is 0 Å². The van der Waals surface area contributed by atoms with Crippen LogP contribution in [-0.2, 0) is 27.5 Å². The van der Waals surface area contributed by atoms with Crippen LogP contribution in [0.3, 0.4) is 0 Å². The molecule has 0 unspecified atom stereocenters. The Kier molecular flexibility index (Phi) is 8.45. The zero-order valence-electron chi connectivity index (χ0n) is 20.6. The van der Waals surface area contributed by atoms with E-state index in [2.05, 4.69) is 26.6 Å². The highest BCUT2D eigenvalue weighted by Gasteiger charge is 2.18. The number of thiazole rings is 1. The number of carbonyl (C=O) groups is 2. The number of aryl methyl sites for hydroxylation is 2. The largest absolute Gasteiger partial charge is 0.481 e. The number of urea groups is 1. The second-order valence-electron chi connectivity index (χ2n) is 9.06. The zero-order valence-corrected chi connectivity index (χ0v) is 22.2. The van der Waals surface area contributed by atoms with Crippen molar-refractivity contribution in [2.75, 3.05) is 34.4 Å². The molecule has 2 heterocycles. The van der Waals surface area contributed by atoms with E-state index in [1.54, 1.807) is 6.20 Å².